The first-order valence-electron chi connectivity index (χ1n) is 8.16. The van der Waals surface area contributed by atoms with Gasteiger partial charge in [0.15, 0.2) is 0 Å². The van der Waals surface area contributed by atoms with Crippen LogP contribution >= 0.6 is 22.6 Å². The van der Waals surface area contributed by atoms with Crippen molar-refractivity contribution in [1.82, 2.24) is 14.9 Å². The molecule has 2 heterocycles. The van der Waals surface area contributed by atoms with Crippen LogP contribution in [0.5, 0.6) is 11.6 Å². The maximum Gasteiger partial charge on any atom is 0.410 e. The van der Waals surface area contributed by atoms with Gasteiger partial charge in [0.05, 0.1) is 15.8 Å². The minimum Gasteiger partial charge on any atom is -0.444 e. The molecule has 0 N–H and O–H groups in total. The quantitative estimate of drug-likeness (QED) is 0.612. The molecular weight excluding hydrogens is 452 g/mol. The molecule has 1 aromatic carbocycles. The highest BCUT2D eigenvalue weighted by Gasteiger charge is 2.28. The standard InChI is InChI=1S/C18H19FIN3O3/c1-18(2,3)26-17(24)23-7-6-12-14(9-23)21-10-22-16(12)25-15-5-4-11(19)8-13(15)20/h4-5,8,10H,6-7,9H2,1-3H3. The molecule has 0 bridgehead atoms. The lowest BCUT2D eigenvalue weighted by molar-refractivity contribution is 0.0219. The first-order chi connectivity index (χ1) is 12.2. The summed E-state index contributed by atoms with van der Waals surface area (Å²) in [6.07, 6.45) is 1.60. The Labute approximate surface area is 164 Å². The lowest BCUT2D eigenvalue weighted by Gasteiger charge is -2.30. The number of ether oxygens (including phenoxy) is 2. The summed E-state index contributed by atoms with van der Waals surface area (Å²) < 4.78 is 25.2. The SMILES string of the molecule is CC(C)(C)OC(=O)N1CCc2c(ncnc2Oc2ccc(F)cc2I)C1. The molecular formula is C18H19FIN3O3. The molecule has 8 heteroatoms. The second-order valence-corrected chi connectivity index (χ2v) is 8.09. The topological polar surface area (TPSA) is 64.5 Å². The highest BCUT2D eigenvalue weighted by molar-refractivity contribution is 14.1. The predicted molar refractivity (Wildman–Crippen MR) is 102 cm³/mol. The van der Waals surface area contributed by atoms with E-state index in [4.69, 9.17) is 9.47 Å². The Morgan fingerprint density at radius 3 is 2.77 bits per heavy atom. The van der Waals surface area contributed by atoms with Gasteiger partial charge >= 0.3 is 6.09 Å². The molecule has 3 rings (SSSR count). The number of fused-ring (bicyclic) bond motifs is 1. The Balaban J connectivity index is 1.79. The summed E-state index contributed by atoms with van der Waals surface area (Å²) in [5, 5.41) is 0. The second-order valence-electron chi connectivity index (χ2n) is 6.93. The van der Waals surface area contributed by atoms with Crippen LogP contribution in [-0.4, -0.2) is 33.1 Å². The number of rotatable bonds is 2. The van der Waals surface area contributed by atoms with Crippen LogP contribution in [0.2, 0.25) is 0 Å². The minimum absolute atomic E-state index is 0.320. The summed E-state index contributed by atoms with van der Waals surface area (Å²) in [6, 6.07) is 4.31. The molecule has 1 aromatic heterocycles. The number of halogens is 2. The number of nitrogens with zero attached hydrogens (tertiary/aromatic N) is 3. The summed E-state index contributed by atoms with van der Waals surface area (Å²) in [7, 11) is 0. The van der Waals surface area contributed by atoms with Crippen molar-refractivity contribution in [2.75, 3.05) is 6.54 Å². The lowest BCUT2D eigenvalue weighted by Crippen LogP contribution is -2.40. The summed E-state index contributed by atoms with van der Waals surface area (Å²) in [5.74, 6) is 0.644. The van der Waals surface area contributed by atoms with Crippen LogP contribution in [0.3, 0.4) is 0 Å². The van der Waals surface area contributed by atoms with E-state index in [1.54, 1.807) is 11.0 Å². The number of carbonyl (C=O) groups excluding carboxylic acids is 1. The number of aromatic nitrogens is 2. The number of amides is 1. The number of benzene rings is 1. The van der Waals surface area contributed by atoms with Crippen LogP contribution < -0.4 is 4.74 Å². The third kappa shape index (κ3) is 4.40. The van der Waals surface area contributed by atoms with Gasteiger partial charge < -0.3 is 14.4 Å². The van der Waals surface area contributed by atoms with E-state index in [-0.39, 0.29) is 11.9 Å². The summed E-state index contributed by atoms with van der Waals surface area (Å²) >= 11 is 2.01. The molecule has 138 valence electrons. The molecule has 1 aliphatic rings. The van der Waals surface area contributed by atoms with Gasteiger partial charge in [-0.1, -0.05) is 0 Å². The highest BCUT2D eigenvalue weighted by atomic mass is 127. The Hall–Kier alpha value is -1.97. The third-order valence-corrected chi connectivity index (χ3v) is 4.56. The molecule has 0 aliphatic carbocycles. The van der Waals surface area contributed by atoms with Crippen LogP contribution in [0.15, 0.2) is 24.5 Å². The van der Waals surface area contributed by atoms with E-state index in [2.05, 4.69) is 9.97 Å². The molecule has 0 spiro atoms. The molecule has 2 aromatic rings. The number of hydrogen-bond acceptors (Lipinski definition) is 5. The van der Waals surface area contributed by atoms with Crippen LogP contribution in [0.1, 0.15) is 32.0 Å². The third-order valence-electron chi connectivity index (χ3n) is 3.72. The molecule has 0 saturated heterocycles. The van der Waals surface area contributed by atoms with Crippen molar-refractivity contribution in [1.29, 1.82) is 0 Å². The molecule has 0 saturated carbocycles. The molecule has 0 radical (unpaired) electrons. The fraction of sp³-hybridized carbons (Fsp3) is 0.389. The zero-order valence-electron chi connectivity index (χ0n) is 14.8. The van der Waals surface area contributed by atoms with Crippen LogP contribution in [0.25, 0.3) is 0 Å². The normalized spacial score (nSPS) is 14.0. The monoisotopic (exact) mass is 471 g/mol. The number of carbonyl (C=O) groups is 1. The zero-order valence-corrected chi connectivity index (χ0v) is 16.9. The van der Waals surface area contributed by atoms with Gasteiger partial charge in [-0.3, -0.25) is 0 Å². The van der Waals surface area contributed by atoms with E-state index in [1.165, 1.54) is 18.5 Å². The zero-order chi connectivity index (χ0) is 18.9. The van der Waals surface area contributed by atoms with Gasteiger partial charge in [0.1, 0.15) is 23.5 Å². The van der Waals surface area contributed by atoms with Gasteiger partial charge in [0.25, 0.3) is 0 Å². The fourth-order valence-electron chi connectivity index (χ4n) is 2.56. The Morgan fingerprint density at radius 1 is 1.31 bits per heavy atom. The largest absolute Gasteiger partial charge is 0.444 e. The van der Waals surface area contributed by atoms with Gasteiger partial charge in [-0.05, 0) is 68.0 Å². The van der Waals surface area contributed by atoms with Crippen molar-refractivity contribution in [2.24, 2.45) is 0 Å². The van der Waals surface area contributed by atoms with Crippen molar-refractivity contribution in [3.63, 3.8) is 0 Å². The Kier molecular flexibility index (Phi) is 5.31. The van der Waals surface area contributed by atoms with Crippen molar-refractivity contribution in [2.45, 2.75) is 39.3 Å². The first kappa shape index (κ1) is 18.8. The number of hydrogen-bond donors (Lipinski definition) is 0. The van der Waals surface area contributed by atoms with Crippen molar-refractivity contribution in [3.05, 3.63) is 45.2 Å². The van der Waals surface area contributed by atoms with E-state index in [1.807, 2.05) is 43.4 Å². The fourth-order valence-corrected chi connectivity index (χ4v) is 3.14. The van der Waals surface area contributed by atoms with Crippen molar-refractivity contribution >= 4 is 28.7 Å². The Morgan fingerprint density at radius 2 is 2.08 bits per heavy atom. The lowest BCUT2D eigenvalue weighted by atomic mass is 10.1. The molecule has 26 heavy (non-hydrogen) atoms. The average Bonchev–Trinajstić information content (AvgIpc) is 2.55. The van der Waals surface area contributed by atoms with E-state index in [9.17, 15) is 9.18 Å². The second kappa shape index (κ2) is 7.34. The van der Waals surface area contributed by atoms with Gasteiger partial charge in [-0.15, -0.1) is 0 Å². The maximum atomic E-state index is 13.3. The van der Waals surface area contributed by atoms with Crippen molar-refractivity contribution in [3.8, 4) is 11.6 Å². The summed E-state index contributed by atoms with van der Waals surface area (Å²) in [5.41, 5.74) is 1.04. The van der Waals surface area contributed by atoms with Crippen LogP contribution in [0.4, 0.5) is 9.18 Å². The molecule has 0 fully saturated rings. The van der Waals surface area contributed by atoms with Gasteiger partial charge in [0.2, 0.25) is 5.88 Å². The molecule has 0 unspecified atom stereocenters. The van der Waals surface area contributed by atoms with Gasteiger partial charge in [-0.2, -0.15) is 0 Å². The predicted octanol–water partition coefficient (Wildman–Crippen LogP) is 4.31. The van der Waals surface area contributed by atoms with Gasteiger partial charge in [-0.25, -0.2) is 19.2 Å². The van der Waals surface area contributed by atoms with Crippen molar-refractivity contribution < 1.29 is 18.7 Å². The average molecular weight is 471 g/mol. The molecule has 1 aliphatic heterocycles. The van der Waals surface area contributed by atoms with E-state index in [0.29, 0.717) is 34.7 Å². The summed E-state index contributed by atoms with van der Waals surface area (Å²) in [6.45, 7) is 6.33. The summed E-state index contributed by atoms with van der Waals surface area (Å²) in [4.78, 5) is 22.4. The van der Waals surface area contributed by atoms with Gasteiger partial charge in [0, 0.05) is 12.1 Å². The smallest absolute Gasteiger partial charge is 0.410 e. The first-order valence-corrected chi connectivity index (χ1v) is 9.24. The Bertz CT molecular complexity index is 839. The molecule has 6 nitrogen and oxygen atoms in total. The van der Waals surface area contributed by atoms with Crippen LogP contribution in [-0.2, 0) is 17.7 Å². The van der Waals surface area contributed by atoms with E-state index >= 15 is 0 Å². The van der Waals surface area contributed by atoms with E-state index in [0.717, 1.165) is 11.3 Å². The highest BCUT2D eigenvalue weighted by Crippen LogP contribution is 2.31. The molecule has 1 amide bonds. The maximum absolute atomic E-state index is 13.3. The van der Waals surface area contributed by atoms with Crippen LogP contribution in [0, 0.1) is 9.39 Å². The minimum atomic E-state index is -0.545. The molecule has 0 atom stereocenters. The van der Waals surface area contributed by atoms with E-state index < -0.39 is 5.60 Å².